The minimum atomic E-state index is -0.460. The van der Waals surface area contributed by atoms with Gasteiger partial charge in [-0.1, -0.05) is 30.3 Å². The van der Waals surface area contributed by atoms with E-state index in [1.165, 1.54) is 29.2 Å². The molecule has 1 saturated heterocycles. The topological polar surface area (TPSA) is 92.6 Å². The van der Waals surface area contributed by atoms with Crippen molar-refractivity contribution in [2.24, 2.45) is 20.0 Å². The van der Waals surface area contributed by atoms with E-state index in [0.717, 1.165) is 36.9 Å². The molecule has 0 radical (unpaired) electrons. The van der Waals surface area contributed by atoms with Crippen LogP contribution in [0.2, 0.25) is 0 Å². The van der Waals surface area contributed by atoms with Crippen LogP contribution in [-0.4, -0.2) is 44.9 Å². The van der Waals surface area contributed by atoms with E-state index in [1.807, 2.05) is 6.07 Å². The second-order valence-electron chi connectivity index (χ2n) is 8.63. The number of hydrogen-bond donors (Lipinski definition) is 1. The van der Waals surface area contributed by atoms with Crippen LogP contribution in [0.3, 0.4) is 0 Å². The normalized spacial score (nSPS) is 18.7. The van der Waals surface area contributed by atoms with Gasteiger partial charge in [0.1, 0.15) is 13.1 Å². The van der Waals surface area contributed by atoms with E-state index in [9.17, 15) is 14.4 Å². The smallest absolute Gasteiger partial charge is 0.332 e. The number of methoxy groups -OCH3 is 1. The van der Waals surface area contributed by atoms with Gasteiger partial charge in [-0.05, 0) is 30.7 Å². The van der Waals surface area contributed by atoms with Crippen LogP contribution in [0.4, 0.5) is 0 Å². The molecule has 1 N–H and O–H groups in total. The summed E-state index contributed by atoms with van der Waals surface area (Å²) in [5, 5.41) is 0. The lowest BCUT2D eigenvalue weighted by Crippen LogP contribution is -3.11. The van der Waals surface area contributed by atoms with E-state index in [1.54, 1.807) is 11.6 Å². The lowest BCUT2D eigenvalue weighted by atomic mass is 9.90. The SMILES string of the molecule is COC(=O)Cn1c(C[NH+]2CCC(Cc3ccccc3)CC2)nc2c1c(=O)n(C)c(=O)n2C. The van der Waals surface area contributed by atoms with Crippen LogP contribution in [0.5, 0.6) is 0 Å². The number of imidazole rings is 1. The Balaban J connectivity index is 1.57. The first kappa shape index (κ1) is 22.0. The molecule has 0 saturated carbocycles. The Bertz CT molecular complexity index is 1230. The molecule has 1 aromatic carbocycles. The summed E-state index contributed by atoms with van der Waals surface area (Å²) in [4.78, 5) is 43.3. The van der Waals surface area contributed by atoms with Crippen LogP contribution in [0.25, 0.3) is 11.2 Å². The number of hydrogen-bond acceptors (Lipinski definition) is 5. The van der Waals surface area contributed by atoms with Crippen molar-refractivity contribution < 1.29 is 14.4 Å². The highest BCUT2D eigenvalue weighted by molar-refractivity contribution is 5.75. The van der Waals surface area contributed by atoms with Gasteiger partial charge in [-0.15, -0.1) is 0 Å². The number of nitrogens with zero attached hydrogens (tertiary/aromatic N) is 4. The predicted octanol–water partition coefficient (Wildman–Crippen LogP) is -0.356. The number of likely N-dealkylation sites (tertiary alicyclic amines) is 1. The number of quaternary nitrogens is 1. The third-order valence-electron chi connectivity index (χ3n) is 6.53. The second kappa shape index (κ2) is 9.12. The van der Waals surface area contributed by atoms with Crippen molar-refractivity contribution in [3.63, 3.8) is 0 Å². The summed E-state index contributed by atoms with van der Waals surface area (Å²) in [6, 6.07) is 10.6. The zero-order chi connectivity index (χ0) is 22.8. The van der Waals surface area contributed by atoms with Gasteiger partial charge in [-0.25, -0.2) is 9.78 Å². The molecule has 0 unspecified atom stereocenters. The van der Waals surface area contributed by atoms with E-state index in [2.05, 4.69) is 29.2 Å². The summed E-state index contributed by atoms with van der Waals surface area (Å²) in [7, 11) is 4.34. The summed E-state index contributed by atoms with van der Waals surface area (Å²) >= 11 is 0. The van der Waals surface area contributed by atoms with Crippen LogP contribution in [-0.2, 0) is 43.1 Å². The third kappa shape index (κ3) is 4.25. The van der Waals surface area contributed by atoms with Crippen molar-refractivity contribution in [2.75, 3.05) is 20.2 Å². The lowest BCUT2D eigenvalue weighted by molar-refractivity contribution is -0.920. The number of aryl methyl sites for hydroxylation is 1. The number of ether oxygens (including phenoxy) is 1. The average Bonchev–Trinajstić information content (AvgIpc) is 3.16. The standard InChI is InChI=1S/C23H29N5O4/c1-25-21-20(22(30)26(2)23(25)31)28(15-19(29)32-3)18(24-21)14-27-11-9-17(10-12-27)13-16-7-5-4-6-8-16/h4-8,17H,9-15H2,1-3H3/p+1. The van der Waals surface area contributed by atoms with E-state index in [4.69, 9.17) is 4.74 Å². The van der Waals surface area contributed by atoms with Gasteiger partial charge in [-0.3, -0.25) is 18.7 Å². The molecule has 0 aliphatic carbocycles. The largest absolute Gasteiger partial charge is 0.468 e. The number of fused-ring (bicyclic) bond motifs is 1. The van der Waals surface area contributed by atoms with Gasteiger partial charge in [0.2, 0.25) is 0 Å². The van der Waals surface area contributed by atoms with Crippen LogP contribution in [0.15, 0.2) is 39.9 Å². The number of nitrogens with one attached hydrogen (secondary N) is 1. The molecule has 3 heterocycles. The van der Waals surface area contributed by atoms with Crippen molar-refractivity contribution in [3.05, 3.63) is 62.6 Å². The Morgan fingerprint density at radius 3 is 2.47 bits per heavy atom. The first-order chi connectivity index (χ1) is 15.4. The summed E-state index contributed by atoms with van der Waals surface area (Å²) < 4.78 is 8.86. The molecule has 1 aliphatic rings. The van der Waals surface area contributed by atoms with Crippen LogP contribution < -0.4 is 16.1 Å². The van der Waals surface area contributed by atoms with E-state index in [-0.39, 0.29) is 12.1 Å². The van der Waals surface area contributed by atoms with Crippen molar-refractivity contribution in [2.45, 2.75) is 32.4 Å². The Hall–Kier alpha value is -3.20. The maximum absolute atomic E-state index is 12.8. The van der Waals surface area contributed by atoms with Crippen molar-refractivity contribution in [3.8, 4) is 0 Å². The Morgan fingerprint density at radius 1 is 1.12 bits per heavy atom. The Labute approximate surface area is 185 Å². The fraction of sp³-hybridized carbons (Fsp3) is 0.478. The lowest BCUT2D eigenvalue weighted by Gasteiger charge is -2.29. The zero-order valence-electron chi connectivity index (χ0n) is 18.8. The van der Waals surface area contributed by atoms with E-state index in [0.29, 0.717) is 23.9 Å². The quantitative estimate of drug-likeness (QED) is 0.529. The van der Waals surface area contributed by atoms with Crippen LogP contribution in [0.1, 0.15) is 24.2 Å². The van der Waals surface area contributed by atoms with Crippen LogP contribution in [0, 0.1) is 5.92 Å². The Kier molecular flexibility index (Phi) is 6.27. The van der Waals surface area contributed by atoms with Gasteiger partial charge in [-0.2, -0.15) is 0 Å². The number of benzene rings is 1. The monoisotopic (exact) mass is 440 g/mol. The molecule has 0 bridgehead atoms. The zero-order valence-corrected chi connectivity index (χ0v) is 18.8. The highest BCUT2D eigenvalue weighted by Crippen LogP contribution is 2.17. The molecule has 9 nitrogen and oxygen atoms in total. The van der Waals surface area contributed by atoms with Gasteiger partial charge in [0.05, 0.1) is 20.2 Å². The molecule has 0 amide bonds. The summed E-state index contributed by atoms with van der Waals surface area (Å²) in [6.07, 6.45) is 3.32. The van der Waals surface area contributed by atoms with Crippen molar-refractivity contribution in [1.82, 2.24) is 18.7 Å². The number of piperidine rings is 1. The predicted molar refractivity (Wildman–Crippen MR) is 120 cm³/mol. The first-order valence-corrected chi connectivity index (χ1v) is 11.0. The molecule has 32 heavy (non-hydrogen) atoms. The Morgan fingerprint density at radius 2 is 1.81 bits per heavy atom. The van der Waals surface area contributed by atoms with Gasteiger partial charge in [0.15, 0.2) is 17.0 Å². The molecule has 0 spiro atoms. The molecule has 1 fully saturated rings. The molecule has 9 heteroatoms. The highest BCUT2D eigenvalue weighted by atomic mass is 16.5. The maximum Gasteiger partial charge on any atom is 0.332 e. The fourth-order valence-corrected chi connectivity index (χ4v) is 4.63. The maximum atomic E-state index is 12.8. The van der Waals surface area contributed by atoms with Crippen LogP contribution >= 0.6 is 0 Å². The van der Waals surface area contributed by atoms with E-state index < -0.39 is 17.2 Å². The van der Waals surface area contributed by atoms with Crippen molar-refractivity contribution in [1.29, 1.82) is 0 Å². The molecule has 3 aromatic rings. The molecular formula is C23H30N5O4+. The number of rotatable bonds is 6. The summed E-state index contributed by atoms with van der Waals surface area (Å²) in [5.74, 6) is 0.821. The average molecular weight is 441 g/mol. The number of esters is 1. The molecule has 170 valence electrons. The van der Waals surface area contributed by atoms with Gasteiger partial charge in [0, 0.05) is 14.1 Å². The molecular weight excluding hydrogens is 410 g/mol. The summed E-state index contributed by atoms with van der Waals surface area (Å²) in [6.45, 7) is 2.46. The molecule has 2 aromatic heterocycles. The number of carbonyl (C=O) groups is 1. The number of aromatic nitrogens is 4. The molecule has 0 atom stereocenters. The van der Waals surface area contributed by atoms with Gasteiger partial charge < -0.3 is 14.2 Å². The molecule has 4 rings (SSSR count). The minimum absolute atomic E-state index is 0.111. The fourth-order valence-electron chi connectivity index (χ4n) is 4.63. The minimum Gasteiger partial charge on any atom is -0.468 e. The highest BCUT2D eigenvalue weighted by Gasteiger charge is 2.27. The summed E-state index contributed by atoms with van der Waals surface area (Å²) in [5.41, 5.74) is 1.04. The number of carbonyl (C=O) groups excluding carboxylic acids is 1. The van der Waals surface area contributed by atoms with E-state index >= 15 is 0 Å². The van der Waals surface area contributed by atoms with Crippen molar-refractivity contribution >= 4 is 17.1 Å². The van der Waals surface area contributed by atoms with Gasteiger partial charge >= 0.3 is 11.7 Å². The molecule has 1 aliphatic heterocycles. The third-order valence-corrected chi connectivity index (χ3v) is 6.53. The van der Waals surface area contributed by atoms with Gasteiger partial charge in [0.25, 0.3) is 5.56 Å². The first-order valence-electron chi connectivity index (χ1n) is 11.0. The second-order valence-corrected chi connectivity index (χ2v) is 8.63.